The molecular weight excluding hydrogens is 278 g/mol. The highest BCUT2D eigenvalue weighted by Crippen LogP contribution is 2.30. The van der Waals surface area contributed by atoms with Crippen molar-refractivity contribution in [2.75, 3.05) is 0 Å². The van der Waals surface area contributed by atoms with Gasteiger partial charge in [-0.25, -0.2) is 4.98 Å². The van der Waals surface area contributed by atoms with E-state index >= 15 is 0 Å². The fourth-order valence-electron chi connectivity index (χ4n) is 2.72. The second-order valence-electron chi connectivity index (χ2n) is 5.00. The number of furan rings is 1. The van der Waals surface area contributed by atoms with Crippen molar-refractivity contribution >= 4 is 27.6 Å². The van der Waals surface area contributed by atoms with Gasteiger partial charge in [-0.2, -0.15) is 0 Å². The quantitative estimate of drug-likeness (QED) is 0.532. The summed E-state index contributed by atoms with van der Waals surface area (Å²) in [6.07, 6.45) is 1.53. The Kier molecular flexibility index (Phi) is 2.69. The Morgan fingerprint density at radius 2 is 1.91 bits per heavy atom. The summed E-state index contributed by atoms with van der Waals surface area (Å²) in [7, 11) is 0. The van der Waals surface area contributed by atoms with Gasteiger partial charge in [-0.05, 0) is 35.0 Å². The zero-order valence-corrected chi connectivity index (χ0v) is 11.4. The average molecular weight is 288 g/mol. The average Bonchev–Trinajstić information content (AvgIpc) is 3.08. The second-order valence-corrected chi connectivity index (χ2v) is 5.00. The fraction of sp³-hybridized carbons (Fsp3) is 0. The summed E-state index contributed by atoms with van der Waals surface area (Å²) in [5, 5.41) is 14.0. The van der Waals surface area contributed by atoms with Crippen LogP contribution in [0.3, 0.4) is 0 Å². The van der Waals surface area contributed by atoms with Crippen molar-refractivity contribution < 1.29 is 14.3 Å². The third kappa shape index (κ3) is 1.85. The van der Waals surface area contributed by atoms with Gasteiger partial charge >= 0.3 is 0 Å². The summed E-state index contributed by atoms with van der Waals surface area (Å²) in [5.74, 6) is -0.700. The van der Waals surface area contributed by atoms with Gasteiger partial charge in [0.1, 0.15) is 5.69 Å². The topological polar surface area (TPSA) is 66.2 Å². The normalized spacial score (nSPS) is 11.1. The third-order valence-electron chi connectivity index (χ3n) is 3.69. The number of aromatic carboxylic acids is 1. The van der Waals surface area contributed by atoms with Gasteiger partial charge in [0, 0.05) is 10.9 Å². The Hall–Kier alpha value is -3.14. The molecule has 2 aromatic heterocycles. The van der Waals surface area contributed by atoms with E-state index in [0.29, 0.717) is 22.4 Å². The van der Waals surface area contributed by atoms with E-state index in [4.69, 9.17) is 4.42 Å². The molecule has 0 N–H and O–H groups in total. The molecule has 0 unspecified atom stereocenters. The van der Waals surface area contributed by atoms with E-state index in [0.717, 1.165) is 10.8 Å². The first kappa shape index (κ1) is 12.6. The van der Waals surface area contributed by atoms with Gasteiger partial charge < -0.3 is 14.3 Å². The molecule has 22 heavy (non-hydrogen) atoms. The Balaban J connectivity index is 2.15. The summed E-state index contributed by atoms with van der Waals surface area (Å²) < 4.78 is 5.31. The number of rotatable bonds is 2. The second kappa shape index (κ2) is 4.70. The van der Waals surface area contributed by atoms with Crippen molar-refractivity contribution in [1.29, 1.82) is 0 Å². The lowest BCUT2D eigenvalue weighted by molar-refractivity contribution is -0.254. The summed E-state index contributed by atoms with van der Waals surface area (Å²) in [6, 6.07) is 16.3. The number of carboxylic acids is 1. The molecule has 4 aromatic rings. The molecule has 0 bridgehead atoms. The first-order valence-electron chi connectivity index (χ1n) is 6.82. The van der Waals surface area contributed by atoms with Crippen molar-refractivity contribution in [3.8, 4) is 11.5 Å². The minimum absolute atomic E-state index is 0.119. The van der Waals surface area contributed by atoms with Gasteiger partial charge in [0.05, 0.1) is 17.7 Å². The van der Waals surface area contributed by atoms with Gasteiger partial charge in [-0.15, -0.1) is 0 Å². The molecule has 2 heterocycles. The van der Waals surface area contributed by atoms with Gasteiger partial charge in [-0.1, -0.05) is 30.3 Å². The molecule has 0 spiro atoms. The lowest BCUT2D eigenvalue weighted by Gasteiger charge is -2.12. The highest BCUT2D eigenvalue weighted by Gasteiger charge is 2.12. The van der Waals surface area contributed by atoms with Crippen LogP contribution in [0.15, 0.2) is 65.3 Å². The number of hydrogen-bond donors (Lipinski definition) is 0. The number of aromatic nitrogens is 1. The Morgan fingerprint density at radius 1 is 1.05 bits per heavy atom. The lowest BCUT2D eigenvalue weighted by Crippen LogP contribution is -2.22. The van der Waals surface area contributed by atoms with Gasteiger partial charge in [0.15, 0.2) is 5.76 Å². The highest BCUT2D eigenvalue weighted by molar-refractivity contribution is 6.15. The number of fused-ring (bicyclic) bond motifs is 3. The zero-order valence-electron chi connectivity index (χ0n) is 11.4. The maximum Gasteiger partial charge on any atom is 0.152 e. The van der Waals surface area contributed by atoms with E-state index in [1.54, 1.807) is 12.1 Å². The van der Waals surface area contributed by atoms with E-state index in [1.807, 2.05) is 36.4 Å². The van der Waals surface area contributed by atoms with Crippen LogP contribution in [0, 0.1) is 0 Å². The van der Waals surface area contributed by atoms with E-state index in [9.17, 15) is 9.90 Å². The SMILES string of the molecule is O=C([O-])c1cc(-c2ccco2)nc2ccc3ccccc3c12. The van der Waals surface area contributed by atoms with Crippen LogP contribution in [-0.4, -0.2) is 11.0 Å². The van der Waals surface area contributed by atoms with Gasteiger partial charge in [-0.3, -0.25) is 0 Å². The molecule has 0 aliphatic rings. The summed E-state index contributed by atoms with van der Waals surface area (Å²) in [4.78, 5) is 16.1. The fourth-order valence-corrected chi connectivity index (χ4v) is 2.72. The molecule has 0 saturated carbocycles. The van der Waals surface area contributed by atoms with Crippen molar-refractivity contribution in [2.24, 2.45) is 0 Å². The van der Waals surface area contributed by atoms with Crippen LogP contribution in [0.4, 0.5) is 0 Å². The minimum Gasteiger partial charge on any atom is -0.545 e. The molecule has 0 aliphatic carbocycles. The molecule has 4 heteroatoms. The highest BCUT2D eigenvalue weighted by atomic mass is 16.4. The lowest BCUT2D eigenvalue weighted by atomic mass is 10.00. The number of nitrogens with zero attached hydrogens (tertiary/aromatic N) is 1. The first-order chi connectivity index (χ1) is 10.7. The molecular formula is C18H10NO3-. The van der Waals surface area contributed by atoms with Gasteiger partial charge in [0.25, 0.3) is 0 Å². The van der Waals surface area contributed by atoms with Crippen molar-refractivity contribution in [1.82, 2.24) is 4.98 Å². The molecule has 0 fully saturated rings. The van der Waals surface area contributed by atoms with E-state index in [-0.39, 0.29) is 5.56 Å². The first-order valence-corrected chi connectivity index (χ1v) is 6.82. The molecule has 2 aromatic carbocycles. The Bertz CT molecular complexity index is 1000. The molecule has 106 valence electrons. The smallest absolute Gasteiger partial charge is 0.152 e. The Morgan fingerprint density at radius 3 is 2.68 bits per heavy atom. The van der Waals surface area contributed by atoms with Crippen LogP contribution in [0.2, 0.25) is 0 Å². The molecule has 0 atom stereocenters. The molecule has 4 rings (SSSR count). The van der Waals surface area contributed by atoms with Crippen LogP contribution in [0.5, 0.6) is 0 Å². The molecule has 0 aliphatic heterocycles. The van der Waals surface area contributed by atoms with Crippen LogP contribution in [0.1, 0.15) is 10.4 Å². The predicted octanol–water partition coefficient (Wildman–Crippen LogP) is 3.01. The Labute approximate surface area is 125 Å². The zero-order chi connectivity index (χ0) is 15.1. The number of carbonyl (C=O) groups excluding carboxylic acids is 1. The monoisotopic (exact) mass is 288 g/mol. The number of pyridine rings is 1. The number of hydrogen-bond acceptors (Lipinski definition) is 4. The van der Waals surface area contributed by atoms with Crippen molar-refractivity contribution in [3.05, 3.63) is 66.4 Å². The van der Waals surface area contributed by atoms with E-state index < -0.39 is 5.97 Å². The molecule has 4 nitrogen and oxygen atoms in total. The summed E-state index contributed by atoms with van der Waals surface area (Å²) in [6.45, 7) is 0. The van der Waals surface area contributed by atoms with Crippen LogP contribution < -0.4 is 5.11 Å². The molecule has 0 amide bonds. The standard InChI is InChI=1S/C18H11NO3/c20-18(21)13-10-15(16-6-3-9-22-16)19-14-8-7-11-4-1-2-5-12(11)17(13)14/h1-10H,(H,20,21)/p-1. The summed E-state index contributed by atoms with van der Waals surface area (Å²) >= 11 is 0. The molecule has 0 saturated heterocycles. The maximum absolute atomic E-state index is 11.6. The minimum atomic E-state index is -1.23. The maximum atomic E-state index is 11.6. The largest absolute Gasteiger partial charge is 0.545 e. The molecule has 0 radical (unpaired) electrons. The van der Waals surface area contributed by atoms with Crippen LogP contribution in [-0.2, 0) is 0 Å². The van der Waals surface area contributed by atoms with Crippen LogP contribution in [0.25, 0.3) is 33.1 Å². The number of carboxylic acid groups (broad SMARTS) is 1. The van der Waals surface area contributed by atoms with E-state index in [2.05, 4.69) is 4.98 Å². The number of benzene rings is 2. The van der Waals surface area contributed by atoms with Crippen LogP contribution >= 0.6 is 0 Å². The third-order valence-corrected chi connectivity index (χ3v) is 3.69. The van der Waals surface area contributed by atoms with Crippen molar-refractivity contribution in [3.63, 3.8) is 0 Å². The predicted molar refractivity (Wildman–Crippen MR) is 81.3 cm³/mol. The number of carbonyl (C=O) groups is 1. The van der Waals surface area contributed by atoms with Crippen molar-refractivity contribution in [2.45, 2.75) is 0 Å². The van der Waals surface area contributed by atoms with Gasteiger partial charge in [0.2, 0.25) is 0 Å². The summed E-state index contributed by atoms with van der Waals surface area (Å²) in [5.41, 5.74) is 1.20. The van der Waals surface area contributed by atoms with E-state index in [1.165, 1.54) is 12.3 Å².